The second-order valence-corrected chi connectivity index (χ2v) is 13.7. The highest BCUT2D eigenvalue weighted by Gasteiger charge is 2.34. The van der Waals surface area contributed by atoms with Crippen molar-refractivity contribution in [2.75, 3.05) is 26.4 Å². The monoisotopic (exact) mass is 648 g/mol. The quantitative estimate of drug-likeness (QED) is 0.0506. The maximum absolute atomic E-state index is 11.9. The summed E-state index contributed by atoms with van der Waals surface area (Å²) in [7, 11) is 0. The van der Waals surface area contributed by atoms with Crippen molar-refractivity contribution in [1.29, 1.82) is 0 Å². The fraction of sp³-hybridized carbons (Fsp3) is 0.789. The molecule has 46 heavy (non-hydrogen) atoms. The predicted octanol–water partition coefficient (Wildman–Crippen LogP) is 9.00. The van der Waals surface area contributed by atoms with Gasteiger partial charge in [-0.25, -0.2) is 4.79 Å². The Kier molecular flexibility index (Phi) is 19.8. The van der Waals surface area contributed by atoms with E-state index in [0.717, 1.165) is 64.2 Å². The number of carbonyl (C=O) groups excluding carboxylic acids is 4. The third-order valence-corrected chi connectivity index (χ3v) is 9.19. The van der Waals surface area contributed by atoms with Crippen molar-refractivity contribution in [2.24, 2.45) is 16.7 Å². The van der Waals surface area contributed by atoms with Crippen molar-refractivity contribution >= 4 is 23.9 Å². The molecule has 0 aliphatic heterocycles. The minimum Gasteiger partial charge on any atom is -0.466 e. The predicted molar refractivity (Wildman–Crippen MR) is 182 cm³/mol. The number of carbonyl (C=O) groups is 4. The molecule has 0 N–H and O–H groups in total. The maximum atomic E-state index is 11.9. The van der Waals surface area contributed by atoms with Gasteiger partial charge in [0.05, 0.1) is 32.8 Å². The summed E-state index contributed by atoms with van der Waals surface area (Å²) < 4.78 is 20.1. The molecule has 0 heterocycles. The van der Waals surface area contributed by atoms with Gasteiger partial charge >= 0.3 is 23.9 Å². The second-order valence-electron chi connectivity index (χ2n) is 13.7. The van der Waals surface area contributed by atoms with Crippen LogP contribution in [-0.4, -0.2) is 50.3 Å². The molecular weight excluding hydrogens is 584 g/mol. The van der Waals surface area contributed by atoms with Crippen LogP contribution in [0.1, 0.15) is 152 Å². The number of hydrogen-bond acceptors (Lipinski definition) is 8. The molecule has 0 saturated heterocycles. The van der Waals surface area contributed by atoms with Crippen LogP contribution in [0.15, 0.2) is 22.8 Å². The summed E-state index contributed by atoms with van der Waals surface area (Å²) in [5, 5.41) is 0. The van der Waals surface area contributed by atoms with Crippen molar-refractivity contribution < 1.29 is 38.1 Å². The molecule has 1 unspecified atom stereocenters. The fourth-order valence-electron chi connectivity index (χ4n) is 6.82. The molecular formula is C38H64O8. The van der Waals surface area contributed by atoms with Crippen LogP contribution in [0.3, 0.4) is 0 Å². The molecule has 0 amide bonds. The zero-order valence-electron chi connectivity index (χ0n) is 30.4. The van der Waals surface area contributed by atoms with E-state index in [2.05, 4.69) is 27.7 Å². The van der Waals surface area contributed by atoms with Gasteiger partial charge in [-0.1, -0.05) is 57.3 Å². The van der Waals surface area contributed by atoms with E-state index < -0.39 is 0 Å². The molecule has 8 nitrogen and oxygen atoms in total. The Labute approximate surface area is 279 Å². The van der Waals surface area contributed by atoms with Crippen LogP contribution in [-0.2, 0) is 38.1 Å². The molecule has 0 aromatic carbocycles. The van der Waals surface area contributed by atoms with Gasteiger partial charge in [0.25, 0.3) is 0 Å². The molecule has 1 atom stereocenters. The number of ether oxygens (including phenoxy) is 4. The van der Waals surface area contributed by atoms with Crippen molar-refractivity contribution in [3.63, 3.8) is 0 Å². The highest BCUT2D eigenvalue weighted by Crippen LogP contribution is 2.46. The highest BCUT2D eigenvalue weighted by atomic mass is 16.5. The Morgan fingerprint density at radius 1 is 0.696 bits per heavy atom. The lowest BCUT2D eigenvalue weighted by molar-refractivity contribution is -0.144. The number of esters is 4. The van der Waals surface area contributed by atoms with Gasteiger partial charge in [0.2, 0.25) is 0 Å². The minimum absolute atomic E-state index is 0.0524. The molecule has 0 spiro atoms. The Bertz CT molecular complexity index is 1020. The Morgan fingerprint density at radius 3 is 1.83 bits per heavy atom. The summed E-state index contributed by atoms with van der Waals surface area (Å²) in [4.78, 5) is 46.6. The van der Waals surface area contributed by atoms with Gasteiger partial charge in [-0.15, -0.1) is 0 Å². The summed E-state index contributed by atoms with van der Waals surface area (Å²) in [6.07, 6.45) is 15.5. The van der Waals surface area contributed by atoms with Crippen molar-refractivity contribution in [3.05, 3.63) is 22.8 Å². The van der Waals surface area contributed by atoms with E-state index in [1.807, 2.05) is 27.7 Å². The summed E-state index contributed by atoms with van der Waals surface area (Å²) >= 11 is 0. The van der Waals surface area contributed by atoms with E-state index >= 15 is 0 Å². The van der Waals surface area contributed by atoms with Crippen molar-refractivity contribution in [3.8, 4) is 0 Å². The topological polar surface area (TPSA) is 105 Å². The van der Waals surface area contributed by atoms with E-state index in [0.29, 0.717) is 51.6 Å². The van der Waals surface area contributed by atoms with Crippen LogP contribution in [0, 0.1) is 16.7 Å². The van der Waals surface area contributed by atoms with Gasteiger partial charge < -0.3 is 18.9 Å². The first-order valence-electron chi connectivity index (χ1n) is 17.9. The number of rotatable bonds is 17. The molecule has 1 fully saturated rings. The first-order chi connectivity index (χ1) is 21.8. The molecule has 2 rings (SSSR count). The van der Waals surface area contributed by atoms with Crippen LogP contribution in [0.5, 0.6) is 0 Å². The molecule has 1 saturated carbocycles. The van der Waals surface area contributed by atoms with Crippen LogP contribution in [0.4, 0.5) is 0 Å². The van der Waals surface area contributed by atoms with E-state index in [-0.39, 0.29) is 34.7 Å². The average Bonchev–Trinajstić information content (AvgIpc) is 2.97. The molecule has 0 bridgehead atoms. The SMILES string of the molecule is CCOC(=O)/C=C1\C(CCCCC(=O)OCC)CCCC1(C)C.CCOC(=O)CCCCC1=C(CC(=O)OCC)C(C)(C)CCC1. The van der Waals surface area contributed by atoms with Gasteiger partial charge in [-0.3, -0.25) is 14.4 Å². The van der Waals surface area contributed by atoms with Gasteiger partial charge in [0.1, 0.15) is 0 Å². The molecule has 0 radical (unpaired) electrons. The fourth-order valence-corrected chi connectivity index (χ4v) is 6.82. The normalized spacial score (nSPS) is 19.5. The van der Waals surface area contributed by atoms with Crippen molar-refractivity contribution in [1.82, 2.24) is 0 Å². The largest absolute Gasteiger partial charge is 0.466 e. The lowest BCUT2D eigenvalue weighted by Gasteiger charge is -2.39. The lowest BCUT2D eigenvalue weighted by Crippen LogP contribution is -2.27. The Hall–Kier alpha value is -2.64. The van der Waals surface area contributed by atoms with E-state index in [1.54, 1.807) is 6.08 Å². The smallest absolute Gasteiger partial charge is 0.330 e. The van der Waals surface area contributed by atoms with Crippen LogP contribution < -0.4 is 0 Å². The molecule has 2 aliphatic rings. The first-order valence-corrected chi connectivity index (χ1v) is 17.9. The van der Waals surface area contributed by atoms with Crippen LogP contribution >= 0.6 is 0 Å². The summed E-state index contributed by atoms with van der Waals surface area (Å²) in [6, 6.07) is 0. The number of allylic oxidation sites excluding steroid dienone is 2. The average molecular weight is 649 g/mol. The number of unbranched alkanes of at least 4 members (excludes halogenated alkanes) is 2. The zero-order valence-corrected chi connectivity index (χ0v) is 30.4. The zero-order chi connectivity index (χ0) is 34.6. The number of hydrogen-bond donors (Lipinski definition) is 0. The summed E-state index contributed by atoms with van der Waals surface area (Å²) in [5.41, 5.74) is 4.01. The van der Waals surface area contributed by atoms with Crippen LogP contribution in [0.2, 0.25) is 0 Å². The van der Waals surface area contributed by atoms with Gasteiger partial charge in [0.15, 0.2) is 0 Å². The van der Waals surface area contributed by atoms with E-state index in [9.17, 15) is 19.2 Å². The summed E-state index contributed by atoms with van der Waals surface area (Å²) in [5.74, 6) is -0.156. The van der Waals surface area contributed by atoms with Gasteiger partial charge in [-0.05, 0) is 109 Å². The van der Waals surface area contributed by atoms with E-state index in [1.165, 1.54) is 29.6 Å². The van der Waals surface area contributed by atoms with Crippen molar-refractivity contribution in [2.45, 2.75) is 152 Å². The van der Waals surface area contributed by atoms with Gasteiger partial charge in [-0.2, -0.15) is 0 Å². The third kappa shape index (κ3) is 15.8. The summed E-state index contributed by atoms with van der Waals surface area (Å²) in [6.45, 7) is 17.9. The molecule has 0 aromatic rings. The minimum atomic E-state index is -0.228. The Morgan fingerprint density at radius 2 is 1.24 bits per heavy atom. The lowest BCUT2D eigenvalue weighted by atomic mass is 9.66. The Balaban J connectivity index is 0.000000460. The standard InChI is InChI=1S/2C19H32O4/c2*1-5-22-17(20)12-8-7-10-15-11-9-13-19(3,4)16(15)14-18(21)23-6-2/h5-14H2,1-4H3;14-15H,5-13H2,1-4H3/b;16-14+. The van der Waals surface area contributed by atoms with Gasteiger partial charge in [0, 0.05) is 18.9 Å². The highest BCUT2D eigenvalue weighted by molar-refractivity contribution is 5.83. The molecule has 264 valence electrons. The third-order valence-electron chi connectivity index (χ3n) is 9.19. The van der Waals surface area contributed by atoms with E-state index in [4.69, 9.17) is 18.9 Å². The second kappa shape index (κ2) is 22.0. The molecule has 8 heteroatoms. The molecule has 2 aliphatic carbocycles. The first kappa shape index (κ1) is 41.4. The maximum Gasteiger partial charge on any atom is 0.330 e. The molecule has 0 aromatic heterocycles. The van der Waals surface area contributed by atoms with Crippen LogP contribution in [0.25, 0.3) is 0 Å².